The zero-order valence-corrected chi connectivity index (χ0v) is 12.7. The van der Waals surface area contributed by atoms with E-state index in [1.165, 1.54) is 29.4 Å². The first-order valence-electron chi connectivity index (χ1n) is 6.65. The molecule has 4 nitrogen and oxygen atoms in total. The monoisotopic (exact) mass is 300 g/mol. The zero-order valence-electron chi connectivity index (χ0n) is 11.8. The third-order valence-corrected chi connectivity index (χ3v) is 4.85. The average molecular weight is 300 g/mol. The number of hydrogen-bond acceptors (Lipinski definition) is 4. The van der Waals surface area contributed by atoms with Crippen LogP contribution in [0, 0.1) is 0 Å². The standard InChI is InChI=1S/C16H16N2O2S/c1-9(12-8-18-13-6-4-3-5-10(12)13)14-7-11(15(17)21-14)16(19)20-2/h3-9,18H,17H2,1-2H3. The molecule has 5 heteroatoms. The number of carbonyl (C=O) groups excluding carboxylic acids is 1. The molecule has 0 aliphatic carbocycles. The molecule has 0 saturated carbocycles. The van der Waals surface area contributed by atoms with Crippen LogP contribution in [0.15, 0.2) is 36.5 Å². The molecule has 3 N–H and O–H groups in total. The molecule has 0 saturated heterocycles. The molecule has 0 radical (unpaired) electrons. The van der Waals surface area contributed by atoms with E-state index >= 15 is 0 Å². The Labute approximate surface area is 126 Å². The second kappa shape index (κ2) is 5.26. The highest BCUT2D eigenvalue weighted by molar-refractivity contribution is 7.16. The van der Waals surface area contributed by atoms with Gasteiger partial charge in [0.1, 0.15) is 5.00 Å². The summed E-state index contributed by atoms with van der Waals surface area (Å²) in [4.78, 5) is 16.0. The van der Waals surface area contributed by atoms with Gasteiger partial charge in [-0.25, -0.2) is 4.79 Å². The number of methoxy groups -OCH3 is 1. The van der Waals surface area contributed by atoms with Gasteiger partial charge in [0, 0.05) is 27.9 Å². The number of ether oxygens (including phenoxy) is 1. The van der Waals surface area contributed by atoms with E-state index in [4.69, 9.17) is 10.5 Å². The van der Waals surface area contributed by atoms with Crippen LogP contribution in [0.3, 0.4) is 0 Å². The number of aromatic amines is 1. The fraction of sp³-hybridized carbons (Fsp3) is 0.188. The van der Waals surface area contributed by atoms with Crippen LogP contribution in [0.5, 0.6) is 0 Å². The molecule has 1 atom stereocenters. The summed E-state index contributed by atoms with van der Waals surface area (Å²) in [5, 5.41) is 1.69. The van der Waals surface area contributed by atoms with Crippen molar-refractivity contribution in [2.24, 2.45) is 0 Å². The number of carbonyl (C=O) groups is 1. The number of esters is 1. The molecule has 21 heavy (non-hydrogen) atoms. The topological polar surface area (TPSA) is 68.1 Å². The highest BCUT2D eigenvalue weighted by Gasteiger charge is 2.20. The largest absolute Gasteiger partial charge is 0.465 e. The van der Waals surface area contributed by atoms with Crippen LogP contribution in [-0.4, -0.2) is 18.1 Å². The van der Waals surface area contributed by atoms with Crippen molar-refractivity contribution in [2.75, 3.05) is 12.8 Å². The second-order valence-corrected chi connectivity index (χ2v) is 6.04. The lowest BCUT2D eigenvalue weighted by molar-refractivity contribution is 0.0602. The van der Waals surface area contributed by atoms with Gasteiger partial charge in [-0.2, -0.15) is 0 Å². The molecule has 3 aromatic rings. The van der Waals surface area contributed by atoms with Gasteiger partial charge in [0.15, 0.2) is 0 Å². The number of aromatic nitrogens is 1. The number of thiophene rings is 1. The number of nitrogens with one attached hydrogen (secondary N) is 1. The summed E-state index contributed by atoms with van der Waals surface area (Å²) in [6.45, 7) is 2.11. The molecule has 2 heterocycles. The third kappa shape index (κ3) is 2.29. The third-order valence-electron chi connectivity index (χ3n) is 3.70. The van der Waals surface area contributed by atoms with E-state index in [9.17, 15) is 4.79 Å². The molecule has 0 amide bonds. The summed E-state index contributed by atoms with van der Waals surface area (Å²) >= 11 is 1.44. The number of nitrogens with two attached hydrogens (primary N) is 1. The summed E-state index contributed by atoms with van der Waals surface area (Å²) in [6, 6.07) is 10.0. The van der Waals surface area contributed by atoms with Gasteiger partial charge in [-0.15, -0.1) is 11.3 Å². The minimum absolute atomic E-state index is 0.159. The van der Waals surface area contributed by atoms with Crippen molar-refractivity contribution in [2.45, 2.75) is 12.8 Å². The van der Waals surface area contributed by atoms with Gasteiger partial charge in [-0.05, 0) is 17.7 Å². The Morgan fingerprint density at radius 3 is 2.90 bits per heavy atom. The highest BCUT2D eigenvalue weighted by Crippen LogP contribution is 2.37. The first-order valence-corrected chi connectivity index (χ1v) is 7.47. The van der Waals surface area contributed by atoms with Crippen molar-refractivity contribution >= 4 is 33.2 Å². The molecule has 2 aromatic heterocycles. The van der Waals surface area contributed by atoms with Crippen LogP contribution < -0.4 is 5.73 Å². The van der Waals surface area contributed by atoms with Crippen LogP contribution in [-0.2, 0) is 4.74 Å². The van der Waals surface area contributed by atoms with Crippen molar-refractivity contribution in [1.29, 1.82) is 0 Å². The van der Waals surface area contributed by atoms with Crippen LogP contribution >= 0.6 is 11.3 Å². The number of anilines is 1. The average Bonchev–Trinajstić information content (AvgIpc) is 3.09. The number of H-pyrrole nitrogens is 1. The molecular weight excluding hydrogens is 284 g/mol. The van der Waals surface area contributed by atoms with Crippen molar-refractivity contribution in [1.82, 2.24) is 4.98 Å². The Hall–Kier alpha value is -2.27. The number of fused-ring (bicyclic) bond motifs is 1. The van der Waals surface area contributed by atoms with Gasteiger partial charge in [-0.3, -0.25) is 0 Å². The van der Waals surface area contributed by atoms with E-state index in [-0.39, 0.29) is 11.9 Å². The van der Waals surface area contributed by atoms with Gasteiger partial charge in [-0.1, -0.05) is 25.1 Å². The van der Waals surface area contributed by atoms with Gasteiger partial charge in [0.2, 0.25) is 0 Å². The lowest BCUT2D eigenvalue weighted by Gasteiger charge is -2.07. The molecule has 0 aliphatic heterocycles. The summed E-state index contributed by atoms with van der Waals surface area (Å²) < 4.78 is 4.75. The Balaban J connectivity index is 2.02. The van der Waals surface area contributed by atoms with E-state index in [0.29, 0.717) is 10.6 Å². The van der Waals surface area contributed by atoms with E-state index in [1.54, 1.807) is 0 Å². The highest BCUT2D eigenvalue weighted by atomic mass is 32.1. The number of hydrogen-bond donors (Lipinski definition) is 2. The van der Waals surface area contributed by atoms with Crippen molar-refractivity contribution < 1.29 is 9.53 Å². The normalized spacial score (nSPS) is 12.5. The predicted octanol–water partition coefficient (Wildman–Crippen LogP) is 3.75. The maximum absolute atomic E-state index is 11.7. The Morgan fingerprint density at radius 2 is 2.14 bits per heavy atom. The molecule has 1 unspecified atom stereocenters. The molecule has 108 valence electrons. The molecule has 0 bridgehead atoms. The van der Waals surface area contributed by atoms with Crippen LogP contribution in [0.25, 0.3) is 10.9 Å². The minimum atomic E-state index is -0.388. The zero-order chi connectivity index (χ0) is 15.0. The predicted molar refractivity (Wildman–Crippen MR) is 85.9 cm³/mol. The quantitative estimate of drug-likeness (QED) is 0.724. The van der Waals surface area contributed by atoms with Crippen LogP contribution in [0.2, 0.25) is 0 Å². The molecule has 1 aromatic carbocycles. The Kier molecular flexibility index (Phi) is 3.43. The lowest BCUT2D eigenvalue weighted by atomic mass is 9.98. The number of rotatable bonds is 3. The minimum Gasteiger partial charge on any atom is -0.465 e. The van der Waals surface area contributed by atoms with Crippen LogP contribution in [0.4, 0.5) is 5.00 Å². The van der Waals surface area contributed by atoms with E-state index in [0.717, 1.165) is 10.4 Å². The van der Waals surface area contributed by atoms with E-state index in [1.807, 2.05) is 30.5 Å². The van der Waals surface area contributed by atoms with Gasteiger partial charge < -0.3 is 15.5 Å². The number of nitrogen functional groups attached to an aromatic ring is 1. The van der Waals surface area contributed by atoms with Crippen molar-refractivity contribution in [3.8, 4) is 0 Å². The van der Waals surface area contributed by atoms with E-state index in [2.05, 4.69) is 18.0 Å². The molecule has 0 spiro atoms. The van der Waals surface area contributed by atoms with Gasteiger partial charge >= 0.3 is 5.97 Å². The maximum Gasteiger partial charge on any atom is 0.340 e. The summed E-state index contributed by atoms with van der Waals surface area (Å²) in [6.07, 6.45) is 2.02. The fourth-order valence-corrected chi connectivity index (χ4v) is 3.50. The first-order chi connectivity index (χ1) is 10.1. The number of para-hydroxylation sites is 1. The van der Waals surface area contributed by atoms with E-state index < -0.39 is 0 Å². The SMILES string of the molecule is COC(=O)c1cc(C(C)c2c[nH]c3ccccc23)sc1N. The van der Waals surface area contributed by atoms with Gasteiger partial charge in [0.25, 0.3) is 0 Å². The van der Waals surface area contributed by atoms with Crippen LogP contribution in [0.1, 0.15) is 33.6 Å². The Bertz CT molecular complexity index is 804. The van der Waals surface area contributed by atoms with Crippen molar-refractivity contribution in [3.05, 3.63) is 52.5 Å². The first kappa shape index (κ1) is 13.7. The number of benzene rings is 1. The van der Waals surface area contributed by atoms with Crippen molar-refractivity contribution in [3.63, 3.8) is 0 Å². The fourth-order valence-electron chi connectivity index (χ4n) is 2.51. The maximum atomic E-state index is 11.7. The molecule has 3 rings (SSSR count). The summed E-state index contributed by atoms with van der Waals surface area (Å²) in [7, 11) is 1.36. The Morgan fingerprint density at radius 1 is 1.38 bits per heavy atom. The summed E-state index contributed by atoms with van der Waals surface area (Å²) in [5.74, 6) is -0.229. The second-order valence-electron chi connectivity index (χ2n) is 4.93. The molecule has 0 aliphatic rings. The molecule has 0 fully saturated rings. The smallest absolute Gasteiger partial charge is 0.340 e. The molecular formula is C16H16N2O2S. The summed E-state index contributed by atoms with van der Waals surface area (Å²) in [5.41, 5.74) is 8.69. The lowest BCUT2D eigenvalue weighted by Crippen LogP contribution is -2.02. The van der Waals surface area contributed by atoms with Gasteiger partial charge in [0.05, 0.1) is 12.7 Å².